The number of nitriles is 1. The zero-order valence-corrected chi connectivity index (χ0v) is 17.8. The van der Waals surface area contributed by atoms with Crippen LogP contribution < -0.4 is 9.47 Å². The molecular formula is C23H22N2O4S. The largest absolute Gasteiger partial charge is 0.493 e. The Labute approximate surface area is 179 Å². The second-order valence-electron chi connectivity index (χ2n) is 7.40. The van der Waals surface area contributed by atoms with Gasteiger partial charge in [0.15, 0.2) is 17.2 Å². The van der Waals surface area contributed by atoms with Gasteiger partial charge in [-0.05, 0) is 24.6 Å². The number of thioether (sulfide) groups is 1. The van der Waals surface area contributed by atoms with Crippen LogP contribution in [0.2, 0.25) is 0 Å². The number of nitrogens with zero attached hydrogens (tertiary/aromatic N) is 2. The Balaban J connectivity index is 1.78. The van der Waals surface area contributed by atoms with Crippen molar-refractivity contribution in [2.24, 2.45) is 0 Å². The lowest BCUT2D eigenvalue weighted by molar-refractivity contribution is -0.149. The van der Waals surface area contributed by atoms with E-state index in [1.54, 1.807) is 26.4 Å². The highest BCUT2D eigenvalue weighted by Gasteiger charge is 2.51. The molecule has 0 spiro atoms. The van der Waals surface area contributed by atoms with E-state index in [1.165, 1.54) is 16.7 Å². The van der Waals surface area contributed by atoms with Crippen LogP contribution in [-0.4, -0.2) is 35.9 Å². The Hall–Kier alpha value is -2.95. The molecule has 2 heterocycles. The second-order valence-corrected chi connectivity index (χ2v) is 8.37. The van der Waals surface area contributed by atoms with Crippen LogP contribution in [0.4, 0.5) is 0 Å². The predicted molar refractivity (Wildman–Crippen MR) is 114 cm³/mol. The maximum atomic E-state index is 13.2. The minimum atomic E-state index is -1.46. The lowest BCUT2D eigenvalue weighted by Gasteiger charge is -2.38. The quantitative estimate of drug-likeness (QED) is 0.810. The molecule has 2 aliphatic rings. The summed E-state index contributed by atoms with van der Waals surface area (Å²) in [7, 11) is 3.11. The fourth-order valence-electron chi connectivity index (χ4n) is 4.01. The summed E-state index contributed by atoms with van der Waals surface area (Å²) < 4.78 is 10.7. The van der Waals surface area contributed by atoms with Crippen LogP contribution in [0.3, 0.4) is 0 Å². The standard InChI is InChI=1S/C23H22N2O4S/c1-14-4-7-16(8-5-14)23(27)13-30-22-18(12-24)17(11-21(26)25(22)23)15-6-9-19(28-2)20(10-15)29-3/h4-10,17,27H,11,13H2,1-3H3/t17-,23+/m0/s1. The fourth-order valence-corrected chi connectivity index (χ4v) is 5.37. The number of benzene rings is 2. The first-order valence-corrected chi connectivity index (χ1v) is 10.5. The highest BCUT2D eigenvalue weighted by Crippen LogP contribution is 2.52. The molecule has 2 aliphatic heterocycles. The number of allylic oxidation sites excluding steroid dienone is 1. The highest BCUT2D eigenvalue weighted by atomic mass is 32.2. The predicted octanol–water partition coefficient (Wildman–Crippen LogP) is 3.66. The number of amides is 1. The molecule has 0 saturated carbocycles. The normalized spacial score (nSPS) is 23.2. The zero-order chi connectivity index (χ0) is 21.5. The maximum Gasteiger partial charge on any atom is 0.231 e. The number of fused-ring (bicyclic) bond motifs is 1. The summed E-state index contributed by atoms with van der Waals surface area (Å²) in [6.45, 7) is 1.97. The van der Waals surface area contributed by atoms with Crippen LogP contribution in [0.15, 0.2) is 53.1 Å². The van der Waals surface area contributed by atoms with Crippen LogP contribution >= 0.6 is 11.8 Å². The molecule has 2 aromatic rings. The Morgan fingerprint density at radius 3 is 2.50 bits per heavy atom. The summed E-state index contributed by atoms with van der Waals surface area (Å²) in [5.41, 5.74) is 1.53. The van der Waals surface area contributed by atoms with Crippen LogP contribution in [0.25, 0.3) is 0 Å². The van der Waals surface area contributed by atoms with Crippen molar-refractivity contribution in [1.29, 1.82) is 5.26 Å². The van der Waals surface area contributed by atoms with Crippen LogP contribution in [0.5, 0.6) is 11.5 Å². The van der Waals surface area contributed by atoms with Gasteiger partial charge >= 0.3 is 0 Å². The molecule has 6 nitrogen and oxygen atoms in total. The first kappa shape index (κ1) is 20.3. The fraction of sp³-hybridized carbons (Fsp3) is 0.304. The Morgan fingerprint density at radius 1 is 1.17 bits per heavy atom. The maximum absolute atomic E-state index is 13.2. The SMILES string of the molecule is COc1ccc([C@@H]2CC(=O)N3C(=C2C#N)SC[C@@]3(O)c2ccc(C)cc2)cc1OC. The molecule has 2 atom stereocenters. The van der Waals surface area contributed by atoms with E-state index in [2.05, 4.69) is 6.07 Å². The van der Waals surface area contributed by atoms with Gasteiger partial charge in [0.2, 0.25) is 5.91 Å². The first-order valence-electron chi connectivity index (χ1n) is 9.54. The number of ether oxygens (including phenoxy) is 2. The number of carbonyl (C=O) groups excluding carboxylic acids is 1. The number of rotatable bonds is 4. The third-order valence-electron chi connectivity index (χ3n) is 5.63. The number of aryl methyl sites for hydroxylation is 1. The van der Waals surface area contributed by atoms with Gasteiger partial charge in [0.1, 0.15) is 0 Å². The van der Waals surface area contributed by atoms with E-state index in [1.807, 2.05) is 37.3 Å². The molecule has 0 aliphatic carbocycles. The van der Waals surface area contributed by atoms with Gasteiger partial charge in [-0.1, -0.05) is 35.9 Å². The number of hydrogen-bond acceptors (Lipinski definition) is 6. The lowest BCUT2D eigenvalue weighted by atomic mass is 9.85. The molecule has 1 fully saturated rings. The van der Waals surface area contributed by atoms with Crippen molar-refractivity contribution >= 4 is 17.7 Å². The summed E-state index contributed by atoms with van der Waals surface area (Å²) in [5.74, 6) is 0.793. The molecule has 0 unspecified atom stereocenters. The molecule has 4 rings (SSSR count). The van der Waals surface area contributed by atoms with Crippen molar-refractivity contribution < 1.29 is 19.4 Å². The van der Waals surface area contributed by atoms with Gasteiger partial charge in [-0.2, -0.15) is 5.26 Å². The van der Waals surface area contributed by atoms with Crippen molar-refractivity contribution in [3.8, 4) is 17.6 Å². The van der Waals surface area contributed by atoms with Crippen molar-refractivity contribution in [2.45, 2.75) is 25.0 Å². The molecule has 7 heteroatoms. The minimum Gasteiger partial charge on any atom is -0.493 e. The molecule has 2 aromatic carbocycles. The number of hydrogen-bond donors (Lipinski definition) is 1. The van der Waals surface area contributed by atoms with Crippen molar-refractivity contribution in [2.75, 3.05) is 20.0 Å². The van der Waals surface area contributed by atoms with Crippen molar-refractivity contribution in [1.82, 2.24) is 4.90 Å². The third-order valence-corrected chi connectivity index (χ3v) is 6.86. The van der Waals surface area contributed by atoms with Gasteiger partial charge in [-0.3, -0.25) is 9.69 Å². The number of methoxy groups -OCH3 is 2. The molecule has 0 radical (unpaired) electrons. The molecule has 1 N–H and O–H groups in total. The van der Waals surface area contributed by atoms with Crippen LogP contribution in [0.1, 0.15) is 29.0 Å². The van der Waals surface area contributed by atoms with E-state index < -0.39 is 11.6 Å². The van der Waals surface area contributed by atoms with E-state index in [4.69, 9.17) is 9.47 Å². The topological polar surface area (TPSA) is 82.8 Å². The molecule has 0 bridgehead atoms. The average Bonchev–Trinajstić information content (AvgIpc) is 3.12. The Kier molecular flexibility index (Phi) is 5.22. The molecule has 0 aromatic heterocycles. The monoisotopic (exact) mass is 422 g/mol. The lowest BCUT2D eigenvalue weighted by Crippen LogP contribution is -2.48. The summed E-state index contributed by atoms with van der Waals surface area (Å²) in [5, 5.41) is 21.9. The average molecular weight is 423 g/mol. The molecule has 1 amide bonds. The Morgan fingerprint density at radius 2 is 1.87 bits per heavy atom. The van der Waals surface area contributed by atoms with E-state index >= 15 is 0 Å². The minimum absolute atomic E-state index is 0.0939. The first-order chi connectivity index (χ1) is 14.4. The van der Waals surface area contributed by atoms with E-state index in [-0.39, 0.29) is 18.1 Å². The third kappa shape index (κ3) is 3.13. The molecule has 30 heavy (non-hydrogen) atoms. The summed E-state index contributed by atoms with van der Waals surface area (Å²) in [6, 6.07) is 15.2. The molecule has 1 saturated heterocycles. The van der Waals surface area contributed by atoms with E-state index in [0.717, 1.165) is 11.1 Å². The van der Waals surface area contributed by atoms with Crippen molar-refractivity contribution in [3.63, 3.8) is 0 Å². The Bertz CT molecular complexity index is 1070. The van der Waals surface area contributed by atoms with Crippen molar-refractivity contribution in [3.05, 3.63) is 69.8 Å². The molecule has 154 valence electrons. The summed E-state index contributed by atoms with van der Waals surface area (Å²) >= 11 is 1.34. The van der Waals surface area contributed by atoms with Gasteiger partial charge in [-0.15, -0.1) is 11.8 Å². The molecular weight excluding hydrogens is 400 g/mol. The van der Waals surface area contributed by atoms with Gasteiger partial charge in [-0.25, -0.2) is 0 Å². The van der Waals surface area contributed by atoms with Crippen LogP contribution in [0, 0.1) is 18.3 Å². The van der Waals surface area contributed by atoms with Gasteiger partial charge < -0.3 is 14.6 Å². The van der Waals surface area contributed by atoms with E-state index in [0.29, 0.717) is 27.7 Å². The van der Waals surface area contributed by atoms with E-state index in [9.17, 15) is 15.2 Å². The summed E-state index contributed by atoms with van der Waals surface area (Å²) in [6.07, 6.45) is 0.0939. The number of carbonyl (C=O) groups is 1. The summed E-state index contributed by atoms with van der Waals surface area (Å²) in [4.78, 5) is 14.6. The smallest absolute Gasteiger partial charge is 0.231 e. The van der Waals surface area contributed by atoms with Gasteiger partial charge in [0.05, 0.1) is 36.6 Å². The number of aliphatic hydroxyl groups is 1. The highest BCUT2D eigenvalue weighted by molar-refractivity contribution is 8.03. The zero-order valence-electron chi connectivity index (χ0n) is 17.0. The second kappa shape index (κ2) is 7.71. The van der Waals surface area contributed by atoms with Gasteiger partial charge in [0.25, 0.3) is 0 Å². The van der Waals surface area contributed by atoms with Crippen LogP contribution in [-0.2, 0) is 10.5 Å². The van der Waals surface area contributed by atoms with Gasteiger partial charge in [0, 0.05) is 17.9 Å².